The van der Waals surface area contributed by atoms with Crippen LogP contribution in [0, 0.1) is 0 Å². The zero-order valence-corrected chi connectivity index (χ0v) is 13.6. The smallest absolute Gasteiger partial charge is 0.317 e. The minimum Gasteiger partial charge on any atom is -0.481 e. The fourth-order valence-electron chi connectivity index (χ4n) is 1.74. The SMILES string of the molecule is CN(Cc1ccccc1Br)C(=O)NCC(C)(O)CC(=O)O. The molecule has 0 saturated carbocycles. The number of carbonyl (C=O) groups is 2. The number of urea groups is 1. The van der Waals surface area contributed by atoms with Gasteiger partial charge in [-0.15, -0.1) is 0 Å². The topological polar surface area (TPSA) is 89.9 Å². The van der Waals surface area contributed by atoms with Crippen molar-refractivity contribution in [1.29, 1.82) is 0 Å². The van der Waals surface area contributed by atoms with E-state index in [9.17, 15) is 14.7 Å². The summed E-state index contributed by atoms with van der Waals surface area (Å²) in [5.74, 6) is -1.11. The number of rotatable bonds is 6. The van der Waals surface area contributed by atoms with Crippen molar-refractivity contribution in [3.63, 3.8) is 0 Å². The van der Waals surface area contributed by atoms with Gasteiger partial charge < -0.3 is 20.4 Å². The van der Waals surface area contributed by atoms with Crippen molar-refractivity contribution in [3.8, 4) is 0 Å². The number of hydrogen-bond donors (Lipinski definition) is 3. The molecule has 0 saturated heterocycles. The molecule has 0 heterocycles. The van der Waals surface area contributed by atoms with Gasteiger partial charge in [0.2, 0.25) is 0 Å². The fraction of sp³-hybridized carbons (Fsp3) is 0.429. The van der Waals surface area contributed by atoms with Crippen molar-refractivity contribution in [2.24, 2.45) is 0 Å². The lowest BCUT2D eigenvalue weighted by Crippen LogP contribution is -2.46. The number of hydrogen-bond acceptors (Lipinski definition) is 3. The summed E-state index contributed by atoms with van der Waals surface area (Å²) < 4.78 is 0.905. The summed E-state index contributed by atoms with van der Waals surface area (Å²) >= 11 is 3.41. The molecule has 21 heavy (non-hydrogen) atoms. The molecule has 0 aliphatic carbocycles. The molecule has 6 nitrogen and oxygen atoms in total. The van der Waals surface area contributed by atoms with Crippen LogP contribution in [0.1, 0.15) is 18.9 Å². The van der Waals surface area contributed by atoms with E-state index >= 15 is 0 Å². The number of nitrogens with one attached hydrogen (secondary N) is 1. The van der Waals surface area contributed by atoms with Gasteiger partial charge in [0.05, 0.1) is 12.0 Å². The van der Waals surface area contributed by atoms with Gasteiger partial charge in [-0.1, -0.05) is 34.1 Å². The lowest BCUT2D eigenvalue weighted by Gasteiger charge is -2.24. The highest BCUT2D eigenvalue weighted by Crippen LogP contribution is 2.17. The van der Waals surface area contributed by atoms with Crippen LogP contribution >= 0.6 is 15.9 Å². The number of carbonyl (C=O) groups excluding carboxylic acids is 1. The second-order valence-electron chi connectivity index (χ2n) is 5.17. The molecule has 116 valence electrons. The second kappa shape index (κ2) is 7.42. The summed E-state index contributed by atoms with van der Waals surface area (Å²) in [6, 6.07) is 7.17. The third-order valence-electron chi connectivity index (χ3n) is 2.86. The Labute approximate surface area is 131 Å². The van der Waals surface area contributed by atoms with Gasteiger partial charge in [-0.3, -0.25) is 4.79 Å². The molecular weight excluding hydrogens is 340 g/mol. The summed E-state index contributed by atoms with van der Waals surface area (Å²) in [5.41, 5.74) is -0.525. The Balaban J connectivity index is 2.52. The molecule has 0 aliphatic heterocycles. The van der Waals surface area contributed by atoms with Crippen LogP contribution in [-0.2, 0) is 11.3 Å². The van der Waals surface area contributed by atoms with Gasteiger partial charge in [-0.25, -0.2) is 4.79 Å². The molecule has 1 atom stereocenters. The molecule has 0 aliphatic rings. The molecule has 0 bridgehead atoms. The Morgan fingerprint density at radius 1 is 1.38 bits per heavy atom. The van der Waals surface area contributed by atoms with E-state index in [1.54, 1.807) is 7.05 Å². The van der Waals surface area contributed by atoms with E-state index in [1.165, 1.54) is 11.8 Å². The van der Waals surface area contributed by atoms with Crippen LogP contribution < -0.4 is 5.32 Å². The van der Waals surface area contributed by atoms with Gasteiger partial charge in [0.25, 0.3) is 0 Å². The maximum atomic E-state index is 11.9. The summed E-state index contributed by atoms with van der Waals surface area (Å²) in [6.45, 7) is 1.64. The van der Waals surface area contributed by atoms with E-state index in [0.29, 0.717) is 6.54 Å². The summed E-state index contributed by atoms with van der Waals surface area (Å²) in [4.78, 5) is 24.0. The first kappa shape index (κ1) is 17.5. The molecule has 0 spiro atoms. The maximum absolute atomic E-state index is 11.9. The van der Waals surface area contributed by atoms with Crippen molar-refractivity contribution in [1.82, 2.24) is 10.2 Å². The number of amides is 2. The van der Waals surface area contributed by atoms with Crippen molar-refractivity contribution < 1.29 is 19.8 Å². The number of aliphatic carboxylic acids is 1. The molecule has 0 radical (unpaired) electrons. The van der Waals surface area contributed by atoms with Crippen LogP contribution in [0.25, 0.3) is 0 Å². The molecule has 3 N–H and O–H groups in total. The maximum Gasteiger partial charge on any atom is 0.317 e. The van der Waals surface area contributed by atoms with E-state index < -0.39 is 18.0 Å². The average Bonchev–Trinajstić information content (AvgIpc) is 2.37. The summed E-state index contributed by atoms with van der Waals surface area (Å²) in [7, 11) is 1.63. The van der Waals surface area contributed by atoms with E-state index in [-0.39, 0.29) is 12.6 Å². The molecule has 1 aromatic rings. The third-order valence-corrected chi connectivity index (χ3v) is 3.64. The van der Waals surface area contributed by atoms with Gasteiger partial charge in [-0.05, 0) is 18.6 Å². The molecule has 0 aromatic heterocycles. The van der Waals surface area contributed by atoms with Crippen LogP contribution in [-0.4, -0.2) is 46.3 Å². The summed E-state index contributed by atoms with van der Waals surface area (Å²) in [6.07, 6.45) is -0.429. The summed E-state index contributed by atoms with van der Waals surface area (Å²) in [5, 5.41) is 21.0. The van der Waals surface area contributed by atoms with Crippen LogP contribution in [0.15, 0.2) is 28.7 Å². The van der Waals surface area contributed by atoms with E-state index in [4.69, 9.17) is 5.11 Å². The van der Waals surface area contributed by atoms with E-state index in [2.05, 4.69) is 21.2 Å². The van der Waals surface area contributed by atoms with Gasteiger partial charge in [0.15, 0.2) is 0 Å². The molecule has 7 heteroatoms. The van der Waals surface area contributed by atoms with Gasteiger partial charge in [0.1, 0.15) is 0 Å². The Hall–Kier alpha value is -1.60. The number of halogens is 1. The van der Waals surface area contributed by atoms with Crippen molar-refractivity contribution >= 4 is 27.9 Å². The Morgan fingerprint density at radius 3 is 2.57 bits per heavy atom. The molecule has 2 amide bonds. The van der Waals surface area contributed by atoms with Gasteiger partial charge >= 0.3 is 12.0 Å². The predicted molar refractivity (Wildman–Crippen MR) is 81.9 cm³/mol. The fourth-order valence-corrected chi connectivity index (χ4v) is 2.15. The number of carboxylic acids is 1. The number of carboxylic acid groups (broad SMARTS) is 1. The zero-order valence-electron chi connectivity index (χ0n) is 12.0. The van der Waals surface area contributed by atoms with Crippen molar-refractivity contribution in [2.45, 2.75) is 25.5 Å². The minimum atomic E-state index is -1.48. The number of aliphatic hydroxyl groups is 1. The molecule has 0 fully saturated rings. The highest BCUT2D eigenvalue weighted by molar-refractivity contribution is 9.10. The molecule has 1 unspecified atom stereocenters. The highest BCUT2D eigenvalue weighted by Gasteiger charge is 2.25. The zero-order chi connectivity index (χ0) is 16.0. The Kier molecular flexibility index (Phi) is 6.17. The van der Waals surface area contributed by atoms with E-state index in [0.717, 1.165) is 10.0 Å². The third kappa shape index (κ3) is 6.14. The quantitative estimate of drug-likeness (QED) is 0.723. The Morgan fingerprint density at radius 2 is 2.00 bits per heavy atom. The number of nitrogens with zero attached hydrogens (tertiary/aromatic N) is 1. The lowest BCUT2D eigenvalue weighted by atomic mass is 10.0. The van der Waals surface area contributed by atoms with Crippen LogP contribution in [0.4, 0.5) is 4.79 Å². The first-order chi connectivity index (χ1) is 9.71. The molecule has 1 rings (SSSR count). The average molecular weight is 359 g/mol. The normalized spacial score (nSPS) is 13.3. The Bertz CT molecular complexity index is 519. The van der Waals surface area contributed by atoms with Gasteiger partial charge in [0, 0.05) is 24.6 Å². The standard InChI is InChI=1S/C14H19BrN2O4/c1-14(21,7-12(18)19)9-16-13(20)17(2)8-10-5-3-4-6-11(10)15/h3-6,21H,7-9H2,1-2H3,(H,16,20)(H,18,19). The monoisotopic (exact) mass is 358 g/mol. The first-order valence-corrected chi connectivity index (χ1v) is 7.17. The van der Waals surface area contributed by atoms with Crippen molar-refractivity contribution in [3.05, 3.63) is 34.3 Å². The van der Waals surface area contributed by atoms with E-state index in [1.807, 2.05) is 24.3 Å². The second-order valence-corrected chi connectivity index (χ2v) is 6.03. The van der Waals surface area contributed by atoms with Crippen LogP contribution in [0.5, 0.6) is 0 Å². The number of benzene rings is 1. The predicted octanol–water partition coefficient (Wildman–Crippen LogP) is 1.82. The highest BCUT2D eigenvalue weighted by atomic mass is 79.9. The van der Waals surface area contributed by atoms with Crippen LogP contribution in [0.3, 0.4) is 0 Å². The van der Waals surface area contributed by atoms with Gasteiger partial charge in [-0.2, -0.15) is 0 Å². The van der Waals surface area contributed by atoms with Crippen molar-refractivity contribution in [2.75, 3.05) is 13.6 Å². The largest absolute Gasteiger partial charge is 0.481 e. The van der Waals surface area contributed by atoms with Crippen LogP contribution in [0.2, 0.25) is 0 Å². The molecule has 1 aromatic carbocycles. The first-order valence-electron chi connectivity index (χ1n) is 6.38. The lowest BCUT2D eigenvalue weighted by molar-refractivity contribution is -0.141. The minimum absolute atomic E-state index is 0.127. The molecular formula is C14H19BrN2O4.